The van der Waals surface area contributed by atoms with Gasteiger partial charge < -0.3 is 11.1 Å². The lowest BCUT2D eigenvalue weighted by Crippen LogP contribution is -2.17. The molecule has 0 atom stereocenters. The maximum atomic E-state index is 12.3. The number of pyridine rings is 2. The van der Waals surface area contributed by atoms with Gasteiger partial charge >= 0.3 is 0 Å². The summed E-state index contributed by atoms with van der Waals surface area (Å²) in [5.74, 6) is -0.360. The van der Waals surface area contributed by atoms with Gasteiger partial charge in [-0.25, -0.2) is 9.97 Å². The van der Waals surface area contributed by atoms with E-state index in [-0.39, 0.29) is 12.9 Å². The van der Waals surface area contributed by atoms with Crippen molar-refractivity contribution in [3.8, 4) is 11.3 Å². The molecule has 0 saturated heterocycles. The summed E-state index contributed by atoms with van der Waals surface area (Å²) < 4.78 is 0. The summed E-state index contributed by atoms with van der Waals surface area (Å²) in [6, 6.07) is 6.96. The largest absolute Gasteiger partial charge is 0.382 e. The maximum Gasteiger partial charge on any atom is 0.278 e. The Morgan fingerprint density at radius 3 is 2.64 bits per heavy atom. The van der Waals surface area contributed by atoms with Gasteiger partial charge in [-0.2, -0.15) is 0 Å². The van der Waals surface area contributed by atoms with E-state index in [0.717, 1.165) is 5.56 Å². The van der Waals surface area contributed by atoms with Crippen LogP contribution < -0.4 is 11.1 Å². The highest BCUT2D eigenvalue weighted by molar-refractivity contribution is 6.05. The van der Waals surface area contributed by atoms with Crippen LogP contribution in [0.15, 0.2) is 55.2 Å². The quantitative estimate of drug-likeness (QED) is 0.765. The molecule has 0 spiro atoms. The highest BCUT2D eigenvalue weighted by Gasteiger charge is 2.15. The van der Waals surface area contributed by atoms with Crippen LogP contribution in [-0.4, -0.2) is 25.8 Å². The Balaban J connectivity index is 0.00000192. The van der Waals surface area contributed by atoms with Gasteiger partial charge in [-0.05, 0) is 24.3 Å². The number of hydrogen-bond donors (Lipinski definition) is 2. The van der Waals surface area contributed by atoms with E-state index in [1.165, 1.54) is 6.20 Å². The summed E-state index contributed by atoms with van der Waals surface area (Å²) in [4.78, 5) is 28.5. The highest BCUT2D eigenvalue weighted by Crippen LogP contribution is 2.18. The standard InChI is InChI=1S/C15H12N6O.H2/c16-14-13(15(22)20-11-3-6-17-7-4-11)21-12(9-19-14)10-2-1-5-18-8-10;/h1-9H,(H2,16,19)(H,17,20,22);1H. The molecule has 3 N–H and O–H groups in total. The molecule has 0 unspecified atom stereocenters. The van der Waals surface area contributed by atoms with Crippen LogP contribution in [0.4, 0.5) is 11.5 Å². The number of carbonyl (C=O) groups is 1. The molecule has 0 aliphatic heterocycles. The van der Waals surface area contributed by atoms with E-state index >= 15 is 0 Å². The van der Waals surface area contributed by atoms with Crippen molar-refractivity contribution in [1.29, 1.82) is 0 Å². The molecule has 0 bridgehead atoms. The Bertz CT molecular complexity index is 798. The van der Waals surface area contributed by atoms with Gasteiger partial charge in [0.05, 0.1) is 11.9 Å². The fourth-order valence-electron chi connectivity index (χ4n) is 1.84. The van der Waals surface area contributed by atoms with Crippen molar-refractivity contribution in [2.75, 3.05) is 11.1 Å². The molecule has 0 saturated carbocycles. The first-order chi connectivity index (χ1) is 10.7. The topological polar surface area (TPSA) is 107 Å². The number of nitrogen functional groups attached to an aromatic ring is 1. The Kier molecular flexibility index (Phi) is 3.69. The van der Waals surface area contributed by atoms with Crippen LogP contribution in [0.2, 0.25) is 0 Å². The van der Waals surface area contributed by atoms with Crippen molar-refractivity contribution in [3.63, 3.8) is 0 Å². The van der Waals surface area contributed by atoms with Gasteiger partial charge in [-0.15, -0.1) is 0 Å². The number of nitrogens with one attached hydrogen (secondary N) is 1. The molecule has 0 fully saturated rings. The van der Waals surface area contributed by atoms with Crippen LogP contribution in [-0.2, 0) is 0 Å². The molecule has 0 aromatic carbocycles. The van der Waals surface area contributed by atoms with Gasteiger partial charge in [0.25, 0.3) is 5.91 Å². The summed E-state index contributed by atoms with van der Waals surface area (Å²) >= 11 is 0. The smallest absolute Gasteiger partial charge is 0.278 e. The van der Waals surface area contributed by atoms with E-state index in [2.05, 4.69) is 25.3 Å². The van der Waals surface area contributed by atoms with Gasteiger partial charge in [0.2, 0.25) is 0 Å². The third-order valence-electron chi connectivity index (χ3n) is 2.91. The van der Waals surface area contributed by atoms with Crippen LogP contribution >= 0.6 is 0 Å². The van der Waals surface area contributed by atoms with Crippen LogP contribution in [0.3, 0.4) is 0 Å². The molecule has 7 nitrogen and oxygen atoms in total. The van der Waals surface area contributed by atoms with Gasteiger partial charge in [0.1, 0.15) is 0 Å². The SMILES string of the molecule is Nc1ncc(-c2cccnc2)nc1C(=O)Nc1ccncc1.[HH]. The summed E-state index contributed by atoms with van der Waals surface area (Å²) in [6.07, 6.45) is 7.97. The lowest BCUT2D eigenvalue weighted by atomic mass is 10.2. The number of carbonyl (C=O) groups excluding carboxylic acids is 1. The molecule has 110 valence electrons. The monoisotopic (exact) mass is 294 g/mol. The van der Waals surface area contributed by atoms with Gasteiger partial charge in [0, 0.05) is 37.5 Å². The Hall–Kier alpha value is -3.35. The van der Waals surface area contributed by atoms with Crippen molar-refractivity contribution >= 4 is 17.4 Å². The van der Waals surface area contributed by atoms with E-state index in [1.54, 1.807) is 43.0 Å². The van der Waals surface area contributed by atoms with Crippen molar-refractivity contribution in [2.24, 2.45) is 0 Å². The zero-order chi connectivity index (χ0) is 15.4. The number of hydrogen-bond acceptors (Lipinski definition) is 6. The van der Waals surface area contributed by atoms with E-state index < -0.39 is 5.91 Å². The molecule has 22 heavy (non-hydrogen) atoms. The average molecular weight is 294 g/mol. The van der Waals surface area contributed by atoms with E-state index in [1.807, 2.05) is 6.07 Å². The first-order valence-electron chi connectivity index (χ1n) is 6.48. The van der Waals surface area contributed by atoms with Crippen molar-refractivity contribution in [3.05, 3.63) is 60.9 Å². The van der Waals surface area contributed by atoms with Crippen LogP contribution in [0.25, 0.3) is 11.3 Å². The molecule has 1 amide bonds. The minimum absolute atomic E-state index is 0. The number of nitrogens with zero attached hydrogens (tertiary/aromatic N) is 4. The second-order valence-electron chi connectivity index (χ2n) is 4.42. The first-order valence-corrected chi connectivity index (χ1v) is 6.48. The second kappa shape index (κ2) is 5.96. The molecule has 0 aliphatic carbocycles. The Morgan fingerprint density at radius 2 is 1.91 bits per heavy atom. The normalized spacial score (nSPS) is 10.2. The molecule has 7 heteroatoms. The van der Waals surface area contributed by atoms with Crippen molar-refractivity contribution < 1.29 is 6.22 Å². The fourth-order valence-corrected chi connectivity index (χ4v) is 1.84. The summed E-state index contributed by atoms with van der Waals surface area (Å²) in [7, 11) is 0. The van der Waals surface area contributed by atoms with Gasteiger partial charge in [0.15, 0.2) is 11.5 Å². The minimum Gasteiger partial charge on any atom is -0.382 e. The molecule has 3 heterocycles. The third kappa shape index (κ3) is 2.88. The summed E-state index contributed by atoms with van der Waals surface area (Å²) in [5, 5.41) is 2.70. The molecule has 0 aliphatic rings. The summed E-state index contributed by atoms with van der Waals surface area (Å²) in [5.41, 5.74) is 7.72. The number of anilines is 2. The average Bonchev–Trinajstić information content (AvgIpc) is 2.57. The first kappa shape index (κ1) is 13.6. The van der Waals surface area contributed by atoms with Gasteiger partial charge in [-0.3, -0.25) is 14.8 Å². The molecule has 0 radical (unpaired) electrons. The minimum atomic E-state index is -0.429. The van der Waals surface area contributed by atoms with Crippen molar-refractivity contribution in [1.82, 2.24) is 19.9 Å². The number of rotatable bonds is 3. The predicted molar refractivity (Wildman–Crippen MR) is 84.0 cm³/mol. The zero-order valence-electron chi connectivity index (χ0n) is 11.5. The van der Waals surface area contributed by atoms with Gasteiger partial charge in [-0.1, -0.05) is 0 Å². The molecule has 3 rings (SSSR count). The number of nitrogens with two attached hydrogens (primary N) is 1. The van der Waals surface area contributed by atoms with E-state index in [0.29, 0.717) is 11.4 Å². The van der Waals surface area contributed by atoms with E-state index in [9.17, 15) is 4.79 Å². The lowest BCUT2D eigenvalue weighted by Gasteiger charge is -2.08. The fraction of sp³-hybridized carbons (Fsp3) is 0. The van der Waals surface area contributed by atoms with Crippen LogP contribution in [0.1, 0.15) is 11.9 Å². The second-order valence-corrected chi connectivity index (χ2v) is 4.42. The maximum absolute atomic E-state index is 12.3. The zero-order valence-corrected chi connectivity index (χ0v) is 11.5. The lowest BCUT2D eigenvalue weighted by molar-refractivity contribution is 0.102. The molecule has 3 aromatic heterocycles. The van der Waals surface area contributed by atoms with Crippen molar-refractivity contribution in [2.45, 2.75) is 0 Å². The number of amides is 1. The molecular weight excluding hydrogens is 280 g/mol. The van der Waals surface area contributed by atoms with Crippen LogP contribution in [0.5, 0.6) is 0 Å². The third-order valence-corrected chi connectivity index (χ3v) is 2.91. The predicted octanol–water partition coefficient (Wildman–Crippen LogP) is 2.01. The Morgan fingerprint density at radius 1 is 1.09 bits per heavy atom. The molecular formula is C15H14N6O. The van der Waals surface area contributed by atoms with E-state index in [4.69, 9.17) is 5.73 Å². The van der Waals surface area contributed by atoms with Crippen LogP contribution in [0, 0.1) is 0 Å². The highest BCUT2D eigenvalue weighted by atomic mass is 16.1. The summed E-state index contributed by atoms with van der Waals surface area (Å²) in [6.45, 7) is 0. The molecule has 3 aromatic rings. The Labute approximate surface area is 127 Å². The number of aromatic nitrogens is 4.